The summed E-state index contributed by atoms with van der Waals surface area (Å²) in [5.74, 6) is 0.668. The van der Waals surface area contributed by atoms with Crippen LogP contribution in [0.5, 0.6) is 0 Å². The van der Waals surface area contributed by atoms with Crippen LogP contribution in [0.15, 0.2) is 78.6 Å². The van der Waals surface area contributed by atoms with Crippen LogP contribution >= 0.6 is 11.8 Å². The second-order valence-electron chi connectivity index (χ2n) is 15.7. The summed E-state index contributed by atoms with van der Waals surface area (Å²) < 4.78 is 33.7. The van der Waals surface area contributed by atoms with E-state index in [2.05, 4.69) is 88.6 Å². The Labute approximate surface area is 341 Å². The summed E-state index contributed by atoms with van der Waals surface area (Å²) in [5.41, 5.74) is 5.55. The van der Waals surface area contributed by atoms with E-state index in [9.17, 15) is 22.8 Å². The molecule has 3 atom stereocenters. The summed E-state index contributed by atoms with van der Waals surface area (Å²) in [6, 6.07) is 19.0. The largest absolute Gasteiger partial charge is 0.354 e. The number of nitrogens with zero attached hydrogens (tertiary/aromatic N) is 2. The summed E-state index contributed by atoms with van der Waals surface area (Å²) in [5, 5.41) is 13.3. The maximum atomic E-state index is 12.5. The molecule has 306 valence electrons. The second-order valence-corrected chi connectivity index (χ2v) is 18.5. The topological polar surface area (TPSA) is 161 Å². The Balaban J connectivity index is 0.929. The Hall–Kier alpha value is -4.40. The maximum absolute atomic E-state index is 12.5. The van der Waals surface area contributed by atoms with Crippen molar-refractivity contribution in [2.75, 3.05) is 36.0 Å². The Bertz CT molecular complexity index is 2090. The number of amides is 4. The lowest BCUT2D eigenvalue weighted by Crippen LogP contribution is -2.36. The van der Waals surface area contributed by atoms with E-state index in [-0.39, 0.29) is 41.1 Å². The lowest BCUT2D eigenvalue weighted by Gasteiger charge is -2.27. The van der Waals surface area contributed by atoms with Crippen molar-refractivity contribution in [3.05, 3.63) is 89.8 Å². The molecule has 4 amide bonds. The monoisotopic (exact) mass is 817 g/mol. The number of allylic oxidation sites excluding steroid dienone is 3. The highest BCUT2D eigenvalue weighted by Crippen LogP contribution is 2.47. The summed E-state index contributed by atoms with van der Waals surface area (Å²) in [6.45, 7) is 6.65. The van der Waals surface area contributed by atoms with Crippen LogP contribution in [-0.2, 0) is 31.7 Å². The summed E-state index contributed by atoms with van der Waals surface area (Å²) in [4.78, 5) is 38.8. The smallest absolute Gasteiger partial charge is 0.315 e. The predicted octanol–water partition coefficient (Wildman–Crippen LogP) is 5.62. The number of para-hydroxylation sites is 2. The molecule has 2 saturated heterocycles. The highest BCUT2D eigenvalue weighted by atomic mass is 32.2. The first-order valence-electron chi connectivity index (χ1n) is 20.2. The molecule has 2 fully saturated rings. The van der Waals surface area contributed by atoms with Crippen molar-refractivity contribution in [2.24, 2.45) is 0 Å². The third-order valence-corrected chi connectivity index (χ3v) is 13.5. The predicted molar refractivity (Wildman–Crippen MR) is 228 cm³/mol. The molecular formula is C43H57N6O6S2+. The molecule has 12 nitrogen and oxygen atoms in total. The van der Waals surface area contributed by atoms with Crippen molar-refractivity contribution < 1.29 is 31.9 Å². The van der Waals surface area contributed by atoms with Crippen LogP contribution in [0.4, 0.5) is 10.5 Å². The van der Waals surface area contributed by atoms with Crippen LogP contribution in [-0.4, -0.2) is 79.3 Å². The number of unbranched alkanes of at least 4 members (excludes halogenated alkanes) is 3. The fraction of sp³-hybridized carbons (Fsp3) is 0.488. The van der Waals surface area contributed by atoms with Crippen LogP contribution in [0.1, 0.15) is 82.8 Å². The molecule has 0 saturated carbocycles. The van der Waals surface area contributed by atoms with E-state index in [4.69, 9.17) is 4.55 Å². The Morgan fingerprint density at radius 1 is 0.947 bits per heavy atom. The fourth-order valence-corrected chi connectivity index (χ4v) is 10.3. The van der Waals surface area contributed by atoms with E-state index in [1.54, 1.807) is 0 Å². The number of fused-ring (bicyclic) bond motifs is 3. The molecule has 3 aliphatic heterocycles. The average molecular weight is 818 g/mol. The van der Waals surface area contributed by atoms with Gasteiger partial charge in [0.15, 0.2) is 6.20 Å². The summed E-state index contributed by atoms with van der Waals surface area (Å²) >= 11 is 1.89. The number of aromatic nitrogens is 1. The van der Waals surface area contributed by atoms with E-state index in [0.717, 1.165) is 67.3 Å². The minimum Gasteiger partial charge on any atom is -0.354 e. The zero-order valence-corrected chi connectivity index (χ0v) is 34.7. The highest BCUT2D eigenvalue weighted by molar-refractivity contribution is 8.00. The number of benzene rings is 2. The molecule has 0 spiro atoms. The number of urea groups is 1. The third kappa shape index (κ3) is 11.2. The van der Waals surface area contributed by atoms with Gasteiger partial charge in [0.05, 0.1) is 23.2 Å². The molecule has 57 heavy (non-hydrogen) atoms. The van der Waals surface area contributed by atoms with Gasteiger partial charge in [0, 0.05) is 78.8 Å². The van der Waals surface area contributed by atoms with Gasteiger partial charge in [-0.2, -0.15) is 24.7 Å². The molecule has 14 heteroatoms. The lowest BCUT2D eigenvalue weighted by molar-refractivity contribution is -0.671. The van der Waals surface area contributed by atoms with Gasteiger partial charge in [-0.05, 0) is 55.0 Å². The molecule has 5 N–H and O–H groups in total. The normalized spacial score (nSPS) is 20.5. The van der Waals surface area contributed by atoms with Crippen molar-refractivity contribution >= 4 is 62.4 Å². The van der Waals surface area contributed by atoms with Crippen LogP contribution in [0.25, 0.3) is 17.0 Å². The molecule has 3 aromatic rings. The van der Waals surface area contributed by atoms with Crippen LogP contribution in [0.3, 0.4) is 0 Å². The molecule has 0 bridgehead atoms. The minimum absolute atomic E-state index is 0.000505. The van der Waals surface area contributed by atoms with Gasteiger partial charge in [0.2, 0.25) is 17.3 Å². The third-order valence-electron chi connectivity index (χ3n) is 11.2. The second kappa shape index (κ2) is 19.4. The first kappa shape index (κ1) is 42.2. The van der Waals surface area contributed by atoms with Crippen molar-refractivity contribution in [3.63, 3.8) is 0 Å². The van der Waals surface area contributed by atoms with Gasteiger partial charge >= 0.3 is 6.03 Å². The standard InChI is InChI=1S/C43H56N6O6S2/c1-43(2)33-16-6-8-18-36(33)49(38(43)20-12-14-31-23-28-48(26-13-29-57(53,54)55)35-17-7-5-15-32(31)35)27-11-3-4-21-39(50)44-24-25-45-40(51)22-10-9-19-37-41-34(30-56-37)46-42(52)47-41/h5-8,12,14-18,20,23,28,34,37,41H,3-4,9-11,13,19,21-22,24-27,29-30H2,1-2H3,(H4-,44,45,46,47,50,51,52,53,54,55)/p+1/t34-,37-,41-/m0/s1. The van der Waals surface area contributed by atoms with Crippen molar-refractivity contribution in [2.45, 2.75) is 101 Å². The zero-order valence-electron chi connectivity index (χ0n) is 33.0. The number of carbonyl (C=O) groups excluding carboxylic acids is 3. The molecule has 4 heterocycles. The number of aryl methyl sites for hydroxylation is 1. The molecule has 0 aliphatic carbocycles. The first-order chi connectivity index (χ1) is 27.4. The number of thioether (sulfide) groups is 1. The van der Waals surface area contributed by atoms with Gasteiger partial charge in [-0.15, -0.1) is 0 Å². The van der Waals surface area contributed by atoms with E-state index in [1.807, 2.05) is 46.8 Å². The van der Waals surface area contributed by atoms with E-state index < -0.39 is 10.1 Å². The number of anilines is 1. The van der Waals surface area contributed by atoms with Crippen LogP contribution < -0.4 is 30.7 Å². The number of carbonyl (C=O) groups is 3. The summed E-state index contributed by atoms with van der Waals surface area (Å²) in [6.07, 6.45) is 15.0. The van der Waals surface area contributed by atoms with E-state index >= 15 is 0 Å². The van der Waals surface area contributed by atoms with Crippen molar-refractivity contribution in [1.29, 1.82) is 0 Å². The molecular weight excluding hydrogens is 761 g/mol. The Kier molecular flexibility index (Phi) is 14.3. The quantitative estimate of drug-likeness (QED) is 0.0426. The molecule has 0 radical (unpaired) electrons. The van der Waals surface area contributed by atoms with Crippen LogP contribution in [0, 0.1) is 0 Å². The zero-order chi connectivity index (χ0) is 40.4. The average Bonchev–Trinajstić information content (AvgIpc) is 3.80. The molecule has 6 rings (SSSR count). The fourth-order valence-electron chi connectivity index (χ4n) is 8.28. The van der Waals surface area contributed by atoms with Crippen LogP contribution in [0.2, 0.25) is 0 Å². The molecule has 2 aromatic carbocycles. The van der Waals surface area contributed by atoms with Gasteiger partial charge in [-0.3, -0.25) is 14.1 Å². The highest BCUT2D eigenvalue weighted by Gasteiger charge is 2.42. The van der Waals surface area contributed by atoms with Crippen molar-refractivity contribution in [3.8, 4) is 0 Å². The molecule has 1 aromatic heterocycles. The number of nitrogens with one attached hydrogen (secondary N) is 4. The minimum atomic E-state index is -4.00. The molecule has 3 aliphatic rings. The van der Waals surface area contributed by atoms with Gasteiger partial charge in [0.25, 0.3) is 10.1 Å². The van der Waals surface area contributed by atoms with E-state index in [0.29, 0.717) is 44.1 Å². The summed E-state index contributed by atoms with van der Waals surface area (Å²) in [7, 11) is -4.00. The SMILES string of the molecule is CC1(C)/C(=C/C=C/c2cc[n+](CCCS(=O)(=O)O)c3ccccc23)N(CCCCCC(=O)NCCNC(=O)CCCC[C@@H]2SC[C@@H]3NC(=O)N[C@@H]32)c2ccccc21. The Morgan fingerprint density at radius 3 is 2.44 bits per heavy atom. The van der Waals surface area contributed by atoms with Gasteiger partial charge in [-0.25, -0.2) is 4.79 Å². The lowest BCUT2D eigenvalue weighted by atomic mass is 9.83. The van der Waals surface area contributed by atoms with Crippen molar-refractivity contribution in [1.82, 2.24) is 21.3 Å². The molecule has 0 unspecified atom stereocenters. The number of pyridine rings is 1. The maximum Gasteiger partial charge on any atom is 0.315 e. The first-order valence-corrected chi connectivity index (χ1v) is 22.9. The number of hydrogen-bond donors (Lipinski definition) is 5. The number of hydrogen-bond acceptors (Lipinski definition) is 7. The van der Waals surface area contributed by atoms with Gasteiger partial charge < -0.3 is 26.2 Å². The van der Waals surface area contributed by atoms with Gasteiger partial charge in [-0.1, -0.05) is 69.2 Å². The number of rotatable bonds is 20. The van der Waals surface area contributed by atoms with E-state index in [1.165, 1.54) is 16.9 Å². The van der Waals surface area contributed by atoms with Gasteiger partial charge in [0.1, 0.15) is 6.54 Å². The Morgan fingerprint density at radius 2 is 1.67 bits per heavy atom.